The summed E-state index contributed by atoms with van der Waals surface area (Å²) in [6.45, 7) is 2.03. The molecule has 0 unspecified atom stereocenters. The Hall–Kier alpha value is -1.23. The minimum atomic E-state index is 0.819. The van der Waals surface area contributed by atoms with Crippen molar-refractivity contribution in [1.29, 1.82) is 0 Å². The van der Waals surface area contributed by atoms with Crippen LogP contribution in [0.3, 0.4) is 0 Å². The highest BCUT2D eigenvalue weighted by atomic mass is 79.9. The molecule has 1 aromatic carbocycles. The SMILES string of the molecule is CCc1nnnn1-c1cccc(Br)c1. The van der Waals surface area contributed by atoms with Crippen LogP contribution < -0.4 is 0 Å². The Morgan fingerprint density at radius 2 is 2.29 bits per heavy atom. The molecule has 0 spiro atoms. The van der Waals surface area contributed by atoms with Crippen LogP contribution in [0.4, 0.5) is 0 Å². The van der Waals surface area contributed by atoms with E-state index in [9.17, 15) is 0 Å². The molecule has 0 aliphatic heterocycles. The first-order valence-electron chi connectivity index (χ1n) is 4.34. The predicted molar refractivity (Wildman–Crippen MR) is 56.2 cm³/mol. The van der Waals surface area contributed by atoms with Crippen molar-refractivity contribution in [3.8, 4) is 5.69 Å². The summed E-state index contributed by atoms with van der Waals surface area (Å²) in [5.41, 5.74) is 0.973. The molecule has 5 heteroatoms. The molecular weight excluding hydrogens is 244 g/mol. The zero-order valence-corrected chi connectivity index (χ0v) is 9.27. The van der Waals surface area contributed by atoms with Gasteiger partial charge in [0.25, 0.3) is 0 Å². The second-order valence-corrected chi connectivity index (χ2v) is 3.76. The largest absolute Gasteiger partial charge is 0.197 e. The van der Waals surface area contributed by atoms with Gasteiger partial charge in [0, 0.05) is 10.9 Å². The first kappa shape index (κ1) is 9.33. The van der Waals surface area contributed by atoms with E-state index in [2.05, 4.69) is 31.5 Å². The van der Waals surface area contributed by atoms with E-state index in [1.807, 2.05) is 31.2 Å². The average Bonchev–Trinajstić information content (AvgIpc) is 2.65. The number of tetrazole rings is 1. The maximum Gasteiger partial charge on any atom is 0.156 e. The van der Waals surface area contributed by atoms with Gasteiger partial charge >= 0.3 is 0 Å². The number of rotatable bonds is 2. The molecule has 0 radical (unpaired) electrons. The summed E-state index contributed by atoms with van der Waals surface area (Å²) in [7, 11) is 0. The number of hydrogen-bond acceptors (Lipinski definition) is 3. The lowest BCUT2D eigenvalue weighted by Gasteiger charge is -2.02. The first-order chi connectivity index (χ1) is 6.81. The molecule has 0 saturated heterocycles. The Morgan fingerprint density at radius 1 is 1.43 bits per heavy atom. The van der Waals surface area contributed by atoms with Gasteiger partial charge < -0.3 is 0 Å². The fourth-order valence-electron chi connectivity index (χ4n) is 1.23. The number of aromatic nitrogens is 4. The molecule has 0 aliphatic carbocycles. The highest BCUT2D eigenvalue weighted by Gasteiger charge is 2.05. The van der Waals surface area contributed by atoms with E-state index < -0.39 is 0 Å². The molecule has 14 heavy (non-hydrogen) atoms. The van der Waals surface area contributed by atoms with Gasteiger partial charge in [0.05, 0.1) is 5.69 Å². The summed E-state index contributed by atoms with van der Waals surface area (Å²) in [6.07, 6.45) is 0.819. The molecule has 4 nitrogen and oxygen atoms in total. The second kappa shape index (κ2) is 3.88. The van der Waals surface area contributed by atoms with E-state index in [4.69, 9.17) is 0 Å². The van der Waals surface area contributed by atoms with E-state index >= 15 is 0 Å². The van der Waals surface area contributed by atoms with Gasteiger partial charge in [0.15, 0.2) is 5.82 Å². The molecule has 0 bridgehead atoms. The van der Waals surface area contributed by atoms with Gasteiger partial charge in [-0.15, -0.1) is 5.10 Å². The number of nitrogens with zero attached hydrogens (tertiary/aromatic N) is 4. The van der Waals surface area contributed by atoms with Crippen LogP contribution in [-0.2, 0) is 6.42 Å². The molecule has 72 valence electrons. The van der Waals surface area contributed by atoms with Gasteiger partial charge in [-0.2, -0.15) is 4.68 Å². The van der Waals surface area contributed by atoms with Crippen molar-refractivity contribution in [3.05, 3.63) is 34.6 Å². The first-order valence-corrected chi connectivity index (χ1v) is 5.13. The molecule has 1 heterocycles. The summed E-state index contributed by atoms with van der Waals surface area (Å²) < 4.78 is 2.76. The monoisotopic (exact) mass is 252 g/mol. The third-order valence-corrected chi connectivity index (χ3v) is 2.40. The lowest BCUT2D eigenvalue weighted by molar-refractivity contribution is 0.766. The molecule has 1 aromatic heterocycles. The lowest BCUT2D eigenvalue weighted by atomic mass is 10.3. The molecule has 0 amide bonds. The lowest BCUT2D eigenvalue weighted by Crippen LogP contribution is -2.01. The molecule has 0 atom stereocenters. The Labute approximate surface area is 90.1 Å². The summed E-state index contributed by atoms with van der Waals surface area (Å²) in [5.74, 6) is 0.864. The molecule has 0 N–H and O–H groups in total. The summed E-state index contributed by atoms with van der Waals surface area (Å²) in [4.78, 5) is 0. The topological polar surface area (TPSA) is 43.6 Å². The van der Waals surface area contributed by atoms with Gasteiger partial charge in [-0.1, -0.05) is 28.9 Å². The summed E-state index contributed by atoms with van der Waals surface area (Å²) >= 11 is 3.41. The molecule has 0 fully saturated rings. The van der Waals surface area contributed by atoms with E-state index in [1.165, 1.54) is 0 Å². The Morgan fingerprint density at radius 3 is 3.00 bits per heavy atom. The standard InChI is InChI=1S/C9H9BrN4/c1-2-9-11-12-13-14(9)8-5-3-4-7(10)6-8/h3-6H,2H2,1H3. The zero-order chi connectivity index (χ0) is 9.97. The van der Waals surface area contributed by atoms with Crippen molar-refractivity contribution in [1.82, 2.24) is 20.2 Å². The van der Waals surface area contributed by atoms with Crippen LogP contribution in [-0.4, -0.2) is 20.2 Å². The van der Waals surface area contributed by atoms with E-state index in [1.54, 1.807) is 4.68 Å². The molecule has 2 rings (SSSR count). The van der Waals surface area contributed by atoms with Crippen LogP contribution in [0.5, 0.6) is 0 Å². The van der Waals surface area contributed by atoms with Gasteiger partial charge in [-0.05, 0) is 28.6 Å². The van der Waals surface area contributed by atoms with Gasteiger partial charge in [0.2, 0.25) is 0 Å². The second-order valence-electron chi connectivity index (χ2n) is 2.84. The fourth-order valence-corrected chi connectivity index (χ4v) is 1.62. The molecule has 0 saturated carbocycles. The van der Waals surface area contributed by atoms with Gasteiger partial charge in [-0.25, -0.2) is 0 Å². The van der Waals surface area contributed by atoms with Crippen molar-refractivity contribution in [3.63, 3.8) is 0 Å². The zero-order valence-electron chi connectivity index (χ0n) is 7.68. The van der Waals surface area contributed by atoms with Crippen LogP contribution in [0.2, 0.25) is 0 Å². The molecule has 2 aromatic rings. The predicted octanol–water partition coefficient (Wildman–Crippen LogP) is 1.99. The van der Waals surface area contributed by atoms with Crippen molar-refractivity contribution in [2.75, 3.05) is 0 Å². The van der Waals surface area contributed by atoms with Crippen LogP contribution in [0, 0.1) is 0 Å². The van der Waals surface area contributed by atoms with Crippen LogP contribution in [0.25, 0.3) is 5.69 Å². The van der Waals surface area contributed by atoms with Crippen LogP contribution in [0.1, 0.15) is 12.7 Å². The molecular formula is C9H9BrN4. The third kappa shape index (κ3) is 1.68. The van der Waals surface area contributed by atoms with Crippen molar-refractivity contribution >= 4 is 15.9 Å². The normalized spacial score (nSPS) is 10.4. The van der Waals surface area contributed by atoms with E-state index in [-0.39, 0.29) is 0 Å². The quantitative estimate of drug-likeness (QED) is 0.821. The Kier molecular flexibility index (Phi) is 2.58. The molecule has 0 aliphatic rings. The van der Waals surface area contributed by atoms with Crippen LogP contribution >= 0.6 is 15.9 Å². The third-order valence-electron chi connectivity index (χ3n) is 1.90. The number of aryl methyl sites for hydroxylation is 1. The van der Waals surface area contributed by atoms with Crippen molar-refractivity contribution in [2.45, 2.75) is 13.3 Å². The van der Waals surface area contributed by atoms with E-state index in [0.29, 0.717) is 0 Å². The summed E-state index contributed by atoms with van der Waals surface area (Å²) in [6, 6.07) is 7.88. The summed E-state index contributed by atoms with van der Waals surface area (Å²) in [5, 5.41) is 11.5. The smallest absolute Gasteiger partial charge is 0.156 e. The maximum atomic E-state index is 3.93. The van der Waals surface area contributed by atoms with Gasteiger partial charge in [0.1, 0.15) is 0 Å². The highest BCUT2D eigenvalue weighted by molar-refractivity contribution is 9.10. The van der Waals surface area contributed by atoms with Crippen molar-refractivity contribution in [2.24, 2.45) is 0 Å². The fraction of sp³-hybridized carbons (Fsp3) is 0.222. The van der Waals surface area contributed by atoms with Crippen molar-refractivity contribution < 1.29 is 0 Å². The maximum absolute atomic E-state index is 3.93. The highest BCUT2D eigenvalue weighted by Crippen LogP contribution is 2.15. The van der Waals surface area contributed by atoms with Gasteiger partial charge in [-0.3, -0.25) is 0 Å². The Bertz CT molecular complexity index is 438. The number of hydrogen-bond donors (Lipinski definition) is 0. The van der Waals surface area contributed by atoms with Crippen LogP contribution in [0.15, 0.2) is 28.7 Å². The van der Waals surface area contributed by atoms with E-state index in [0.717, 1.165) is 22.4 Å². The Balaban J connectivity index is 2.49. The number of benzene rings is 1. The minimum Gasteiger partial charge on any atom is -0.197 e. The minimum absolute atomic E-state index is 0.819. The average molecular weight is 253 g/mol. The number of halogens is 1.